The van der Waals surface area contributed by atoms with E-state index in [2.05, 4.69) is 0 Å². The standard InChI is InChI=1S/C16H22N3O/c1-12-10-15(13(2)18(12)5)16(20)11-19-8-6-14(7-9-19)17(3)4/h6-10H,11H2,1-5H3/q+1. The molecule has 0 aliphatic heterocycles. The molecule has 0 N–H and O–H groups in total. The van der Waals surface area contributed by atoms with Gasteiger partial charge in [-0.25, -0.2) is 0 Å². The second-order valence-corrected chi connectivity index (χ2v) is 5.39. The van der Waals surface area contributed by atoms with E-state index in [1.165, 1.54) is 0 Å². The first kappa shape index (κ1) is 14.3. The Balaban J connectivity index is 2.17. The molecule has 0 aromatic carbocycles. The van der Waals surface area contributed by atoms with Gasteiger partial charge in [-0.3, -0.25) is 4.79 Å². The van der Waals surface area contributed by atoms with Gasteiger partial charge in [0.15, 0.2) is 12.4 Å². The van der Waals surface area contributed by atoms with Crippen LogP contribution in [0.4, 0.5) is 5.69 Å². The summed E-state index contributed by atoms with van der Waals surface area (Å²) in [5.41, 5.74) is 4.08. The van der Waals surface area contributed by atoms with E-state index in [9.17, 15) is 4.79 Å². The van der Waals surface area contributed by atoms with E-state index in [1.54, 1.807) is 0 Å². The molecule has 20 heavy (non-hydrogen) atoms. The highest BCUT2D eigenvalue weighted by Crippen LogP contribution is 2.14. The topological polar surface area (TPSA) is 29.1 Å². The molecule has 2 aromatic rings. The molecule has 4 nitrogen and oxygen atoms in total. The van der Waals surface area contributed by atoms with Crippen molar-refractivity contribution in [1.29, 1.82) is 0 Å². The molecule has 0 unspecified atom stereocenters. The maximum Gasteiger partial charge on any atom is 0.229 e. The van der Waals surface area contributed by atoms with Crippen molar-refractivity contribution in [2.75, 3.05) is 19.0 Å². The molecule has 2 rings (SSSR count). The lowest BCUT2D eigenvalue weighted by atomic mass is 10.1. The third-order valence-corrected chi connectivity index (χ3v) is 3.79. The van der Waals surface area contributed by atoms with Crippen LogP contribution in [0.1, 0.15) is 21.7 Å². The summed E-state index contributed by atoms with van der Waals surface area (Å²) in [6.07, 6.45) is 3.89. The van der Waals surface area contributed by atoms with Crippen LogP contribution in [0, 0.1) is 13.8 Å². The second-order valence-electron chi connectivity index (χ2n) is 5.39. The second kappa shape index (κ2) is 5.49. The Labute approximate surface area is 120 Å². The van der Waals surface area contributed by atoms with Crippen LogP contribution in [-0.4, -0.2) is 24.4 Å². The molecule has 0 bridgehead atoms. The molecule has 4 heteroatoms. The molecule has 0 amide bonds. The summed E-state index contributed by atoms with van der Waals surface area (Å²) in [6, 6.07) is 5.99. The number of carbonyl (C=O) groups excluding carboxylic acids is 1. The van der Waals surface area contributed by atoms with Crippen LogP contribution < -0.4 is 9.47 Å². The van der Waals surface area contributed by atoms with Crippen LogP contribution in [0.5, 0.6) is 0 Å². The first-order valence-electron chi connectivity index (χ1n) is 6.72. The number of hydrogen-bond donors (Lipinski definition) is 0. The van der Waals surface area contributed by atoms with Gasteiger partial charge in [-0.1, -0.05) is 0 Å². The minimum Gasteiger partial charge on any atom is -0.377 e. The zero-order chi connectivity index (χ0) is 14.9. The number of carbonyl (C=O) groups is 1. The summed E-state index contributed by atoms with van der Waals surface area (Å²) in [4.78, 5) is 14.4. The van der Waals surface area contributed by atoms with Gasteiger partial charge in [0.25, 0.3) is 0 Å². The van der Waals surface area contributed by atoms with Gasteiger partial charge in [0.05, 0.1) is 0 Å². The van der Waals surface area contributed by atoms with Gasteiger partial charge in [0.1, 0.15) is 0 Å². The van der Waals surface area contributed by atoms with E-state index in [0.29, 0.717) is 6.54 Å². The molecule has 0 saturated heterocycles. The molecule has 106 valence electrons. The van der Waals surface area contributed by atoms with E-state index in [0.717, 1.165) is 22.6 Å². The largest absolute Gasteiger partial charge is 0.377 e. The quantitative estimate of drug-likeness (QED) is 0.628. The molecule has 0 aliphatic carbocycles. The van der Waals surface area contributed by atoms with Crippen molar-refractivity contribution in [1.82, 2.24) is 4.57 Å². The monoisotopic (exact) mass is 272 g/mol. The van der Waals surface area contributed by atoms with Gasteiger partial charge < -0.3 is 9.47 Å². The van der Waals surface area contributed by atoms with Crippen LogP contribution in [0.25, 0.3) is 0 Å². The SMILES string of the molecule is Cc1cc(C(=O)C[n+]2ccc(N(C)C)cc2)c(C)n1C. The molecule has 2 aromatic heterocycles. The fourth-order valence-corrected chi connectivity index (χ4v) is 2.24. The average Bonchev–Trinajstić information content (AvgIpc) is 2.67. The lowest BCUT2D eigenvalue weighted by molar-refractivity contribution is -0.683. The molecule has 0 fully saturated rings. The predicted octanol–water partition coefficient (Wildman–Crippen LogP) is 1.88. The number of pyridine rings is 1. The Morgan fingerprint density at radius 3 is 2.30 bits per heavy atom. The highest BCUT2D eigenvalue weighted by Gasteiger charge is 2.17. The highest BCUT2D eigenvalue weighted by molar-refractivity contribution is 5.96. The Morgan fingerprint density at radius 2 is 1.85 bits per heavy atom. The molecule has 2 heterocycles. The van der Waals surface area contributed by atoms with E-state index in [-0.39, 0.29) is 5.78 Å². The van der Waals surface area contributed by atoms with Gasteiger partial charge in [-0.2, -0.15) is 4.57 Å². The van der Waals surface area contributed by atoms with Crippen molar-refractivity contribution in [2.24, 2.45) is 7.05 Å². The Morgan fingerprint density at radius 1 is 1.25 bits per heavy atom. The van der Waals surface area contributed by atoms with Crippen LogP contribution in [0.3, 0.4) is 0 Å². The molecule has 0 saturated carbocycles. The number of rotatable bonds is 4. The van der Waals surface area contributed by atoms with Crippen LogP contribution in [0.15, 0.2) is 30.6 Å². The lowest BCUT2D eigenvalue weighted by Crippen LogP contribution is -2.37. The smallest absolute Gasteiger partial charge is 0.229 e. The molecule has 0 aliphatic rings. The van der Waals surface area contributed by atoms with Crippen molar-refractivity contribution in [3.63, 3.8) is 0 Å². The minimum absolute atomic E-state index is 0.147. The summed E-state index contributed by atoms with van der Waals surface area (Å²) in [5, 5.41) is 0. The Hall–Kier alpha value is -2.10. The Kier molecular flexibility index (Phi) is 3.93. The van der Waals surface area contributed by atoms with E-state index < -0.39 is 0 Å². The fraction of sp³-hybridized carbons (Fsp3) is 0.375. The first-order valence-corrected chi connectivity index (χ1v) is 6.72. The van der Waals surface area contributed by atoms with Crippen LogP contribution in [-0.2, 0) is 13.6 Å². The van der Waals surface area contributed by atoms with Gasteiger partial charge in [0, 0.05) is 55.9 Å². The molecule has 0 spiro atoms. The maximum atomic E-state index is 12.4. The van der Waals surface area contributed by atoms with Gasteiger partial charge in [0.2, 0.25) is 12.3 Å². The third kappa shape index (κ3) is 2.74. The summed E-state index contributed by atoms with van der Waals surface area (Å²) >= 11 is 0. The van der Waals surface area contributed by atoms with Crippen molar-refractivity contribution < 1.29 is 9.36 Å². The zero-order valence-electron chi connectivity index (χ0n) is 12.8. The number of nitrogens with zero attached hydrogens (tertiary/aromatic N) is 3. The third-order valence-electron chi connectivity index (χ3n) is 3.79. The van der Waals surface area contributed by atoms with Crippen LogP contribution >= 0.6 is 0 Å². The average molecular weight is 272 g/mol. The minimum atomic E-state index is 0.147. The maximum absolute atomic E-state index is 12.4. The number of Topliss-reactive ketones (excluding diaryl/α,β-unsaturated/α-hetero) is 1. The molecular weight excluding hydrogens is 250 g/mol. The fourth-order valence-electron chi connectivity index (χ4n) is 2.24. The summed E-state index contributed by atoms with van der Waals surface area (Å²) < 4.78 is 3.96. The number of aromatic nitrogens is 2. The summed E-state index contributed by atoms with van der Waals surface area (Å²) in [6.45, 7) is 4.38. The van der Waals surface area contributed by atoms with Crippen molar-refractivity contribution in [3.8, 4) is 0 Å². The number of ketones is 1. The Bertz CT molecular complexity index is 624. The predicted molar refractivity (Wildman–Crippen MR) is 80.2 cm³/mol. The number of hydrogen-bond acceptors (Lipinski definition) is 2. The normalized spacial score (nSPS) is 10.7. The van der Waals surface area contributed by atoms with Crippen LogP contribution in [0.2, 0.25) is 0 Å². The van der Waals surface area contributed by atoms with E-state index in [1.807, 2.05) is 79.6 Å². The van der Waals surface area contributed by atoms with Crippen molar-refractivity contribution in [2.45, 2.75) is 20.4 Å². The first-order chi connectivity index (χ1) is 9.40. The number of aryl methyl sites for hydroxylation is 1. The number of anilines is 1. The van der Waals surface area contributed by atoms with Crippen molar-refractivity contribution in [3.05, 3.63) is 47.5 Å². The highest BCUT2D eigenvalue weighted by atomic mass is 16.1. The zero-order valence-corrected chi connectivity index (χ0v) is 12.8. The summed E-state index contributed by atoms with van der Waals surface area (Å²) in [7, 11) is 5.99. The van der Waals surface area contributed by atoms with Gasteiger partial charge in [-0.05, 0) is 19.9 Å². The summed E-state index contributed by atoms with van der Waals surface area (Å²) in [5.74, 6) is 0.147. The van der Waals surface area contributed by atoms with E-state index >= 15 is 0 Å². The lowest BCUT2D eigenvalue weighted by Gasteiger charge is -2.10. The van der Waals surface area contributed by atoms with Crippen molar-refractivity contribution >= 4 is 11.5 Å². The van der Waals surface area contributed by atoms with E-state index in [4.69, 9.17) is 0 Å². The molecular formula is C16H22N3O+. The van der Waals surface area contributed by atoms with Gasteiger partial charge >= 0.3 is 0 Å². The van der Waals surface area contributed by atoms with Gasteiger partial charge in [-0.15, -0.1) is 0 Å². The molecule has 0 radical (unpaired) electrons. The molecule has 0 atom stereocenters.